The zero-order chi connectivity index (χ0) is 20.4. The number of benzene rings is 2. The lowest BCUT2D eigenvalue weighted by Crippen LogP contribution is -2.31. The van der Waals surface area contributed by atoms with Gasteiger partial charge in [0.25, 0.3) is 11.8 Å². The lowest BCUT2D eigenvalue weighted by Gasteiger charge is -2.17. The molecule has 0 saturated carbocycles. The summed E-state index contributed by atoms with van der Waals surface area (Å²) in [5.74, 6) is 1.25. The molecular weight excluding hydrogens is 386 g/mol. The van der Waals surface area contributed by atoms with Gasteiger partial charge >= 0.3 is 0 Å². The molecule has 5 nitrogen and oxygen atoms in total. The van der Waals surface area contributed by atoms with Gasteiger partial charge in [0, 0.05) is 0 Å². The van der Waals surface area contributed by atoms with E-state index in [1.54, 1.807) is 49.8 Å². The van der Waals surface area contributed by atoms with Crippen LogP contribution in [-0.4, -0.2) is 18.9 Å². The molecule has 2 heterocycles. The van der Waals surface area contributed by atoms with E-state index < -0.39 is 0 Å². The van der Waals surface area contributed by atoms with Gasteiger partial charge in [0.15, 0.2) is 0 Å². The number of aryl methyl sites for hydroxylation is 1. The van der Waals surface area contributed by atoms with Crippen LogP contribution in [0.25, 0.3) is 5.57 Å². The average Bonchev–Trinajstić information content (AvgIpc) is 3.33. The van der Waals surface area contributed by atoms with Crippen molar-refractivity contribution < 1.29 is 18.7 Å². The van der Waals surface area contributed by atoms with Gasteiger partial charge in [-0.25, -0.2) is 4.90 Å². The lowest BCUT2D eigenvalue weighted by atomic mass is 10.1. The van der Waals surface area contributed by atoms with Crippen molar-refractivity contribution in [1.29, 1.82) is 0 Å². The molecule has 0 aliphatic carbocycles. The minimum absolute atomic E-state index is 0.313. The predicted molar refractivity (Wildman–Crippen MR) is 114 cm³/mol. The molecule has 4 rings (SSSR count). The molecule has 0 spiro atoms. The first-order valence-electron chi connectivity index (χ1n) is 9.08. The van der Waals surface area contributed by atoms with E-state index in [4.69, 9.17) is 9.15 Å². The number of nitrogens with zero attached hydrogens (tertiary/aromatic N) is 1. The summed E-state index contributed by atoms with van der Waals surface area (Å²) in [7, 11) is 1.59. The molecule has 3 aromatic rings. The maximum absolute atomic E-state index is 13.4. The minimum atomic E-state index is -0.323. The lowest BCUT2D eigenvalue weighted by molar-refractivity contribution is -0.119. The van der Waals surface area contributed by atoms with Crippen molar-refractivity contribution in [3.8, 4) is 5.75 Å². The Balaban J connectivity index is 1.76. The number of ether oxygens (including phenoxy) is 1. The van der Waals surface area contributed by atoms with Gasteiger partial charge in [-0.1, -0.05) is 30.3 Å². The van der Waals surface area contributed by atoms with Crippen molar-refractivity contribution in [3.05, 3.63) is 88.7 Å². The molecule has 0 unspecified atom stereocenters. The Hall–Kier alpha value is -3.25. The van der Waals surface area contributed by atoms with Gasteiger partial charge in [-0.15, -0.1) is 11.8 Å². The molecule has 0 radical (unpaired) electrons. The zero-order valence-corrected chi connectivity index (χ0v) is 16.9. The van der Waals surface area contributed by atoms with Gasteiger partial charge < -0.3 is 9.15 Å². The Morgan fingerprint density at radius 3 is 2.38 bits per heavy atom. The van der Waals surface area contributed by atoms with E-state index >= 15 is 0 Å². The van der Waals surface area contributed by atoms with E-state index in [-0.39, 0.29) is 11.8 Å². The number of carbonyl (C=O) groups is 2. The zero-order valence-electron chi connectivity index (χ0n) is 16.0. The number of hydrogen-bond acceptors (Lipinski definition) is 5. The first kappa shape index (κ1) is 19.1. The van der Waals surface area contributed by atoms with Gasteiger partial charge in [0.1, 0.15) is 11.5 Å². The van der Waals surface area contributed by atoms with Crippen molar-refractivity contribution in [3.63, 3.8) is 0 Å². The van der Waals surface area contributed by atoms with Crippen LogP contribution < -0.4 is 9.64 Å². The molecule has 0 saturated heterocycles. The summed E-state index contributed by atoms with van der Waals surface area (Å²) in [6.45, 7) is 1.89. The molecule has 1 aliphatic heterocycles. The van der Waals surface area contributed by atoms with E-state index in [2.05, 4.69) is 0 Å². The smallest absolute Gasteiger partial charge is 0.272 e. The molecule has 0 atom stereocenters. The monoisotopic (exact) mass is 405 g/mol. The predicted octanol–water partition coefficient (Wildman–Crippen LogP) is 4.81. The molecule has 0 bridgehead atoms. The third-order valence-corrected chi connectivity index (χ3v) is 5.81. The van der Waals surface area contributed by atoms with Gasteiger partial charge in [-0.05, 0) is 48.4 Å². The quantitative estimate of drug-likeness (QED) is 0.551. The Morgan fingerprint density at radius 1 is 0.966 bits per heavy atom. The number of imide groups is 1. The highest BCUT2D eigenvalue weighted by Crippen LogP contribution is 2.40. The van der Waals surface area contributed by atoms with Crippen molar-refractivity contribution in [2.75, 3.05) is 12.0 Å². The van der Waals surface area contributed by atoms with E-state index in [9.17, 15) is 9.59 Å². The molecule has 1 aromatic heterocycles. The summed E-state index contributed by atoms with van der Waals surface area (Å²) in [6, 6.07) is 18.2. The third-order valence-electron chi connectivity index (χ3n) is 4.72. The van der Waals surface area contributed by atoms with E-state index in [1.165, 1.54) is 16.7 Å². The summed E-state index contributed by atoms with van der Waals surface area (Å²) in [5.41, 5.74) is 2.54. The number of methoxy groups -OCH3 is 1. The Labute approximate surface area is 173 Å². The van der Waals surface area contributed by atoms with Crippen LogP contribution in [0.1, 0.15) is 16.9 Å². The Morgan fingerprint density at radius 2 is 1.72 bits per heavy atom. The molecule has 2 amide bonds. The van der Waals surface area contributed by atoms with Gasteiger partial charge in [0.05, 0.1) is 35.3 Å². The number of anilines is 1. The topological polar surface area (TPSA) is 59.8 Å². The van der Waals surface area contributed by atoms with Crippen molar-refractivity contribution in [2.24, 2.45) is 0 Å². The van der Waals surface area contributed by atoms with Crippen LogP contribution in [0.5, 0.6) is 5.75 Å². The number of thioether (sulfide) groups is 1. The third kappa shape index (κ3) is 3.59. The summed E-state index contributed by atoms with van der Waals surface area (Å²) >= 11 is 1.31. The summed E-state index contributed by atoms with van der Waals surface area (Å²) in [4.78, 5) is 28.4. The van der Waals surface area contributed by atoms with Crippen LogP contribution in [-0.2, 0) is 15.3 Å². The van der Waals surface area contributed by atoms with Crippen molar-refractivity contribution in [2.45, 2.75) is 12.7 Å². The number of rotatable bonds is 6. The van der Waals surface area contributed by atoms with E-state index in [0.717, 1.165) is 11.3 Å². The summed E-state index contributed by atoms with van der Waals surface area (Å²) < 4.78 is 10.6. The van der Waals surface area contributed by atoms with Gasteiger partial charge in [-0.2, -0.15) is 0 Å². The molecule has 146 valence electrons. The summed E-state index contributed by atoms with van der Waals surface area (Å²) in [5, 5.41) is 0. The Kier molecular flexibility index (Phi) is 5.27. The molecule has 29 heavy (non-hydrogen) atoms. The van der Waals surface area contributed by atoms with Crippen molar-refractivity contribution in [1.82, 2.24) is 0 Å². The normalized spacial score (nSPS) is 14.1. The number of para-hydroxylation sites is 1. The SMILES string of the molecule is COc1ccc(C2=C(SCc3ccco3)C(=O)N(c3ccccc3C)C2=O)cc1. The van der Waals surface area contributed by atoms with Crippen LogP contribution in [0.3, 0.4) is 0 Å². The number of carbonyl (C=O) groups excluding carboxylic acids is 2. The van der Waals surface area contributed by atoms with E-state index in [0.29, 0.717) is 33.2 Å². The highest BCUT2D eigenvalue weighted by atomic mass is 32.2. The largest absolute Gasteiger partial charge is 0.497 e. The number of amides is 2. The second-order valence-electron chi connectivity index (χ2n) is 6.53. The highest BCUT2D eigenvalue weighted by Gasteiger charge is 2.40. The minimum Gasteiger partial charge on any atom is -0.497 e. The average molecular weight is 405 g/mol. The fourth-order valence-electron chi connectivity index (χ4n) is 3.23. The van der Waals surface area contributed by atoms with Gasteiger partial charge in [0.2, 0.25) is 0 Å². The van der Waals surface area contributed by atoms with Crippen LogP contribution in [0, 0.1) is 6.92 Å². The second-order valence-corrected chi connectivity index (χ2v) is 7.52. The molecule has 6 heteroatoms. The van der Waals surface area contributed by atoms with Crippen LogP contribution in [0.15, 0.2) is 76.2 Å². The number of furan rings is 1. The second kappa shape index (κ2) is 8.01. The van der Waals surface area contributed by atoms with E-state index in [1.807, 2.05) is 31.2 Å². The number of hydrogen-bond donors (Lipinski definition) is 0. The van der Waals surface area contributed by atoms with Crippen LogP contribution in [0.4, 0.5) is 5.69 Å². The van der Waals surface area contributed by atoms with Crippen molar-refractivity contribution >= 4 is 34.8 Å². The first-order valence-corrected chi connectivity index (χ1v) is 10.1. The fourth-order valence-corrected chi connectivity index (χ4v) is 4.24. The van der Waals surface area contributed by atoms with Crippen LogP contribution in [0.2, 0.25) is 0 Å². The molecule has 0 N–H and O–H groups in total. The summed E-state index contributed by atoms with van der Waals surface area (Å²) in [6.07, 6.45) is 1.59. The maximum atomic E-state index is 13.4. The molecular formula is C23H19NO4S. The Bertz CT molecular complexity index is 1080. The van der Waals surface area contributed by atoms with Gasteiger partial charge in [-0.3, -0.25) is 9.59 Å². The first-order chi connectivity index (χ1) is 14.1. The molecule has 2 aromatic carbocycles. The fraction of sp³-hybridized carbons (Fsp3) is 0.130. The highest BCUT2D eigenvalue weighted by molar-refractivity contribution is 8.03. The standard InChI is InChI=1S/C23H19NO4S/c1-15-6-3-4-8-19(15)24-22(25)20(16-9-11-17(27-2)12-10-16)21(23(24)26)29-14-18-7-5-13-28-18/h3-13H,14H2,1-2H3. The molecule has 0 fully saturated rings. The maximum Gasteiger partial charge on any atom is 0.272 e. The molecule has 1 aliphatic rings. The van der Waals surface area contributed by atoms with Crippen LogP contribution >= 0.6 is 11.8 Å².